The maximum absolute atomic E-state index is 13.7. The van der Waals surface area contributed by atoms with E-state index in [0.717, 1.165) is 12.1 Å². The Bertz CT molecular complexity index is 645. The molecule has 0 saturated carbocycles. The molecule has 0 spiro atoms. The molecule has 2 rings (SSSR count). The van der Waals surface area contributed by atoms with Crippen molar-refractivity contribution in [3.8, 4) is 0 Å². The van der Waals surface area contributed by atoms with E-state index in [1.807, 2.05) is 0 Å². The van der Waals surface area contributed by atoms with E-state index in [9.17, 15) is 26.3 Å². The minimum Gasteiger partial charge on any atom is -0.320 e. The molecule has 0 heterocycles. The van der Waals surface area contributed by atoms with E-state index in [-0.39, 0.29) is 5.56 Å². The topological polar surface area (TPSA) is 26.0 Å². The molecule has 0 aliphatic heterocycles. The third-order valence-electron chi connectivity index (χ3n) is 2.90. The average Bonchev–Trinajstić information content (AvgIpc) is 2.36. The van der Waals surface area contributed by atoms with Gasteiger partial charge in [-0.1, -0.05) is 0 Å². The lowest BCUT2D eigenvalue weighted by atomic mass is 9.97. The second kappa shape index (κ2) is 5.40. The smallest absolute Gasteiger partial charge is 0.320 e. The minimum absolute atomic E-state index is 0.161. The lowest BCUT2D eigenvalue weighted by molar-refractivity contribution is -0.137. The van der Waals surface area contributed by atoms with Crippen LogP contribution in [0.4, 0.5) is 26.3 Å². The summed E-state index contributed by atoms with van der Waals surface area (Å²) in [6.45, 7) is 0. The molecule has 0 fully saturated rings. The molecule has 2 aromatic carbocycles. The van der Waals surface area contributed by atoms with Gasteiger partial charge in [0, 0.05) is 11.6 Å². The Kier molecular flexibility index (Phi) is 3.95. The van der Waals surface area contributed by atoms with Crippen molar-refractivity contribution in [2.45, 2.75) is 12.2 Å². The van der Waals surface area contributed by atoms with Crippen LogP contribution >= 0.6 is 0 Å². The van der Waals surface area contributed by atoms with E-state index in [1.165, 1.54) is 0 Å². The van der Waals surface area contributed by atoms with Crippen molar-refractivity contribution in [1.82, 2.24) is 0 Å². The molecule has 7 heteroatoms. The van der Waals surface area contributed by atoms with Gasteiger partial charge in [0.1, 0.15) is 17.5 Å². The molecule has 0 aromatic heterocycles. The van der Waals surface area contributed by atoms with Crippen LogP contribution in [0.2, 0.25) is 0 Å². The van der Waals surface area contributed by atoms with Gasteiger partial charge in [-0.05, 0) is 35.9 Å². The fraction of sp³-hybridized carbons (Fsp3) is 0.143. The molecule has 1 unspecified atom stereocenters. The van der Waals surface area contributed by atoms with E-state index in [4.69, 9.17) is 5.73 Å². The van der Waals surface area contributed by atoms with Crippen molar-refractivity contribution in [1.29, 1.82) is 0 Å². The zero-order chi connectivity index (χ0) is 15.8. The first-order valence-corrected chi connectivity index (χ1v) is 5.76. The Hall–Kier alpha value is -2.02. The highest BCUT2D eigenvalue weighted by Crippen LogP contribution is 2.33. The van der Waals surface area contributed by atoms with Gasteiger partial charge in [0.2, 0.25) is 0 Å². The highest BCUT2D eigenvalue weighted by Gasteiger charge is 2.32. The summed E-state index contributed by atoms with van der Waals surface area (Å²) in [5.74, 6) is -2.89. The van der Waals surface area contributed by atoms with Gasteiger partial charge in [-0.15, -0.1) is 0 Å². The van der Waals surface area contributed by atoms with E-state index in [1.54, 1.807) is 0 Å². The van der Waals surface area contributed by atoms with Crippen LogP contribution in [0, 0.1) is 17.5 Å². The second-order valence-corrected chi connectivity index (χ2v) is 4.41. The van der Waals surface area contributed by atoms with E-state index in [0.29, 0.717) is 24.3 Å². The maximum atomic E-state index is 13.7. The molecular weight excluding hydrogens is 296 g/mol. The molecule has 112 valence electrons. The molecule has 0 aliphatic rings. The van der Waals surface area contributed by atoms with Crippen molar-refractivity contribution in [2.24, 2.45) is 5.73 Å². The van der Waals surface area contributed by atoms with Crippen LogP contribution in [0.1, 0.15) is 22.7 Å². The van der Waals surface area contributed by atoms with Crippen LogP contribution in [0.3, 0.4) is 0 Å². The summed E-state index contributed by atoms with van der Waals surface area (Å²) in [6.07, 6.45) is -4.67. The Morgan fingerprint density at radius 1 is 0.857 bits per heavy atom. The van der Waals surface area contributed by atoms with Crippen LogP contribution in [0.5, 0.6) is 0 Å². The van der Waals surface area contributed by atoms with Crippen molar-refractivity contribution < 1.29 is 26.3 Å². The second-order valence-electron chi connectivity index (χ2n) is 4.41. The largest absolute Gasteiger partial charge is 0.416 e. The van der Waals surface area contributed by atoms with E-state index < -0.39 is 40.8 Å². The number of nitrogens with two attached hydrogens (primary N) is 1. The molecule has 1 nitrogen and oxygen atoms in total. The van der Waals surface area contributed by atoms with Gasteiger partial charge in [0.05, 0.1) is 11.6 Å². The summed E-state index contributed by atoms with van der Waals surface area (Å²) in [4.78, 5) is 0. The molecular formula is C14H9F6N. The number of hydrogen-bond donors (Lipinski definition) is 1. The standard InChI is InChI=1S/C14H9F6N/c15-9-3-7(4-10(16)6-9)13(21)11-5-8(14(18,19)20)1-2-12(11)17/h1-6,13H,21H2. The lowest BCUT2D eigenvalue weighted by Crippen LogP contribution is -2.16. The number of alkyl halides is 3. The Balaban J connectivity index is 2.49. The first-order chi connectivity index (χ1) is 9.68. The first kappa shape index (κ1) is 15.4. The van der Waals surface area contributed by atoms with Gasteiger partial charge in [-0.25, -0.2) is 13.2 Å². The third-order valence-corrected chi connectivity index (χ3v) is 2.90. The maximum Gasteiger partial charge on any atom is 0.416 e. The third kappa shape index (κ3) is 3.36. The van der Waals surface area contributed by atoms with Gasteiger partial charge in [0.25, 0.3) is 0 Å². The summed E-state index contributed by atoms with van der Waals surface area (Å²) in [5.41, 5.74) is 3.88. The summed E-state index contributed by atoms with van der Waals surface area (Å²) in [7, 11) is 0. The fourth-order valence-corrected chi connectivity index (χ4v) is 1.89. The lowest BCUT2D eigenvalue weighted by Gasteiger charge is -2.16. The Morgan fingerprint density at radius 3 is 1.95 bits per heavy atom. The summed E-state index contributed by atoms with van der Waals surface area (Å²) < 4.78 is 77.7. The van der Waals surface area contributed by atoms with Gasteiger partial charge in [-0.3, -0.25) is 0 Å². The SMILES string of the molecule is NC(c1cc(F)cc(F)c1)c1cc(C(F)(F)F)ccc1F. The fourth-order valence-electron chi connectivity index (χ4n) is 1.89. The Labute approximate surface area is 116 Å². The highest BCUT2D eigenvalue weighted by molar-refractivity contribution is 5.36. The molecule has 2 N–H and O–H groups in total. The summed E-state index contributed by atoms with van der Waals surface area (Å²) >= 11 is 0. The van der Waals surface area contributed by atoms with E-state index in [2.05, 4.69) is 0 Å². The number of hydrogen-bond acceptors (Lipinski definition) is 1. The van der Waals surface area contributed by atoms with E-state index >= 15 is 0 Å². The predicted octanol–water partition coefficient (Wildman–Crippen LogP) is 4.17. The van der Waals surface area contributed by atoms with Gasteiger partial charge in [-0.2, -0.15) is 13.2 Å². The molecule has 1 atom stereocenters. The van der Waals surface area contributed by atoms with Gasteiger partial charge >= 0.3 is 6.18 Å². The molecule has 0 amide bonds. The molecule has 2 aromatic rings. The van der Waals surface area contributed by atoms with Crippen molar-refractivity contribution >= 4 is 0 Å². The number of halogens is 6. The molecule has 0 radical (unpaired) electrons. The monoisotopic (exact) mass is 305 g/mol. The number of benzene rings is 2. The predicted molar refractivity (Wildman–Crippen MR) is 63.8 cm³/mol. The quantitative estimate of drug-likeness (QED) is 0.828. The average molecular weight is 305 g/mol. The van der Waals surface area contributed by atoms with Crippen molar-refractivity contribution in [2.75, 3.05) is 0 Å². The van der Waals surface area contributed by atoms with Crippen LogP contribution < -0.4 is 5.73 Å². The summed E-state index contributed by atoms with van der Waals surface area (Å²) in [6, 6.07) is 2.56. The minimum atomic E-state index is -4.67. The zero-order valence-corrected chi connectivity index (χ0v) is 10.4. The van der Waals surface area contributed by atoms with Crippen LogP contribution in [0.15, 0.2) is 36.4 Å². The normalized spacial score (nSPS) is 13.3. The van der Waals surface area contributed by atoms with Gasteiger partial charge < -0.3 is 5.73 Å². The van der Waals surface area contributed by atoms with Crippen molar-refractivity contribution in [3.05, 3.63) is 70.5 Å². The zero-order valence-electron chi connectivity index (χ0n) is 10.4. The van der Waals surface area contributed by atoms with Crippen LogP contribution in [-0.4, -0.2) is 0 Å². The molecule has 0 saturated heterocycles. The van der Waals surface area contributed by atoms with Crippen molar-refractivity contribution in [3.63, 3.8) is 0 Å². The molecule has 0 bridgehead atoms. The molecule has 0 aliphatic carbocycles. The highest BCUT2D eigenvalue weighted by atomic mass is 19.4. The van der Waals surface area contributed by atoms with Gasteiger partial charge in [0.15, 0.2) is 0 Å². The van der Waals surface area contributed by atoms with Crippen LogP contribution in [-0.2, 0) is 6.18 Å². The Morgan fingerprint density at radius 2 is 1.43 bits per heavy atom. The van der Waals surface area contributed by atoms with Crippen LogP contribution in [0.25, 0.3) is 0 Å². The number of rotatable bonds is 2. The molecule has 21 heavy (non-hydrogen) atoms. The first-order valence-electron chi connectivity index (χ1n) is 5.76. The summed E-state index contributed by atoms with van der Waals surface area (Å²) in [5, 5.41) is 0.